The van der Waals surface area contributed by atoms with E-state index in [9.17, 15) is 0 Å². The van der Waals surface area contributed by atoms with Crippen molar-refractivity contribution in [3.05, 3.63) is 35.4 Å². The predicted molar refractivity (Wildman–Crippen MR) is 60.6 cm³/mol. The normalized spacial score (nSPS) is 23.7. The van der Waals surface area contributed by atoms with Crippen LogP contribution in [-0.2, 0) is 0 Å². The minimum absolute atomic E-state index is 0.651. The fourth-order valence-corrected chi connectivity index (χ4v) is 2.24. The molecule has 0 bridgehead atoms. The molecular formula is C13H19N. The molecule has 0 unspecified atom stereocenters. The first kappa shape index (κ1) is 9.72. The zero-order valence-corrected chi connectivity index (χ0v) is 9.09. The molecule has 0 aliphatic carbocycles. The average molecular weight is 189 g/mol. The van der Waals surface area contributed by atoms with E-state index in [1.54, 1.807) is 0 Å². The predicted octanol–water partition coefficient (Wildman–Crippen LogP) is 2.85. The van der Waals surface area contributed by atoms with Crippen molar-refractivity contribution in [1.29, 1.82) is 0 Å². The van der Waals surface area contributed by atoms with Crippen LogP contribution in [0.15, 0.2) is 24.3 Å². The summed E-state index contributed by atoms with van der Waals surface area (Å²) in [5, 5.41) is 3.57. The highest BCUT2D eigenvalue weighted by atomic mass is 14.9. The van der Waals surface area contributed by atoms with Crippen molar-refractivity contribution in [3.8, 4) is 0 Å². The zero-order chi connectivity index (χ0) is 9.97. The van der Waals surface area contributed by atoms with Gasteiger partial charge in [-0.15, -0.1) is 0 Å². The Labute approximate surface area is 86.5 Å². The molecule has 1 N–H and O–H groups in total. The fourth-order valence-electron chi connectivity index (χ4n) is 2.24. The van der Waals surface area contributed by atoms with Gasteiger partial charge >= 0.3 is 0 Å². The Morgan fingerprint density at radius 3 is 2.57 bits per heavy atom. The second-order valence-electron chi connectivity index (χ2n) is 4.40. The minimum Gasteiger partial charge on any atom is -0.313 e. The molecule has 0 aromatic heterocycles. The van der Waals surface area contributed by atoms with Gasteiger partial charge in [0.25, 0.3) is 0 Å². The summed E-state index contributed by atoms with van der Waals surface area (Å²) in [6.07, 6.45) is 2.66. The Morgan fingerprint density at radius 2 is 2.00 bits per heavy atom. The molecule has 76 valence electrons. The summed E-state index contributed by atoms with van der Waals surface area (Å²) < 4.78 is 0. The maximum absolute atomic E-state index is 3.57. The van der Waals surface area contributed by atoms with Crippen LogP contribution >= 0.6 is 0 Å². The summed E-state index contributed by atoms with van der Waals surface area (Å²) in [4.78, 5) is 0. The first-order valence-corrected chi connectivity index (χ1v) is 5.57. The molecule has 1 aliphatic rings. The van der Waals surface area contributed by atoms with Gasteiger partial charge in [0.2, 0.25) is 0 Å². The maximum atomic E-state index is 3.57. The van der Waals surface area contributed by atoms with Gasteiger partial charge in [-0.25, -0.2) is 0 Å². The third-order valence-corrected chi connectivity index (χ3v) is 3.31. The molecule has 1 aliphatic heterocycles. The summed E-state index contributed by atoms with van der Waals surface area (Å²) in [5.41, 5.74) is 2.82. The smallest absolute Gasteiger partial charge is 0.0134 e. The van der Waals surface area contributed by atoms with Gasteiger partial charge in [-0.2, -0.15) is 0 Å². The Bertz CT molecular complexity index is 283. The van der Waals surface area contributed by atoms with Gasteiger partial charge in [0.1, 0.15) is 0 Å². The SMILES string of the molecule is Cc1ccc([C@H](C)[C@@H]2CCCN2)cc1. The molecule has 1 nitrogen and oxygen atoms in total. The second-order valence-corrected chi connectivity index (χ2v) is 4.40. The van der Waals surface area contributed by atoms with Crippen molar-refractivity contribution in [2.24, 2.45) is 0 Å². The van der Waals surface area contributed by atoms with E-state index in [0.29, 0.717) is 12.0 Å². The van der Waals surface area contributed by atoms with E-state index in [0.717, 1.165) is 0 Å². The van der Waals surface area contributed by atoms with Crippen LogP contribution in [0.3, 0.4) is 0 Å². The van der Waals surface area contributed by atoms with E-state index in [4.69, 9.17) is 0 Å². The quantitative estimate of drug-likeness (QED) is 0.754. The third-order valence-electron chi connectivity index (χ3n) is 3.31. The van der Waals surface area contributed by atoms with Crippen LogP contribution in [0.25, 0.3) is 0 Å². The average Bonchev–Trinajstić information content (AvgIpc) is 2.71. The molecule has 1 aromatic carbocycles. The van der Waals surface area contributed by atoms with Crippen molar-refractivity contribution >= 4 is 0 Å². The summed E-state index contributed by atoms with van der Waals surface area (Å²) in [7, 11) is 0. The number of aryl methyl sites for hydroxylation is 1. The van der Waals surface area contributed by atoms with Crippen molar-refractivity contribution < 1.29 is 0 Å². The van der Waals surface area contributed by atoms with E-state index >= 15 is 0 Å². The van der Waals surface area contributed by atoms with Crippen LogP contribution in [0.2, 0.25) is 0 Å². The van der Waals surface area contributed by atoms with Crippen LogP contribution in [0.5, 0.6) is 0 Å². The van der Waals surface area contributed by atoms with Gasteiger partial charge < -0.3 is 5.32 Å². The van der Waals surface area contributed by atoms with Gasteiger partial charge in [0.15, 0.2) is 0 Å². The van der Waals surface area contributed by atoms with Gasteiger partial charge in [-0.05, 0) is 37.8 Å². The summed E-state index contributed by atoms with van der Waals surface area (Å²) in [6.45, 7) is 5.66. The number of rotatable bonds is 2. The van der Waals surface area contributed by atoms with Crippen molar-refractivity contribution in [3.63, 3.8) is 0 Å². The van der Waals surface area contributed by atoms with E-state index in [2.05, 4.69) is 43.4 Å². The maximum Gasteiger partial charge on any atom is 0.0134 e. The minimum atomic E-state index is 0.651. The number of nitrogens with one attached hydrogen (secondary N) is 1. The molecule has 0 amide bonds. The molecule has 1 heteroatoms. The highest BCUT2D eigenvalue weighted by Gasteiger charge is 2.21. The lowest BCUT2D eigenvalue weighted by atomic mass is 9.92. The molecule has 1 saturated heterocycles. The second kappa shape index (κ2) is 4.14. The molecular weight excluding hydrogens is 170 g/mol. The first-order valence-electron chi connectivity index (χ1n) is 5.57. The van der Waals surface area contributed by atoms with E-state index in [-0.39, 0.29) is 0 Å². The molecule has 14 heavy (non-hydrogen) atoms. The van der Waals surface area contributed by atoms with E-state index in [1.807, 2.05) is 0 Å². The summed E-state index contributed by atoms with van der Waals surface area (Å²) >= 11 is 0. The van der Waals surface area contributed by atoms with Gasteiger partial charge in [-0.3, -0.25) is 0 Å². The van der Waals surface area contributed by atoms with Crippen molar-refractivity contribution in [2.45, 2.75) is 38.6 Å². The van der Waals surface area contributed by atoms with Crippen LogP contribution in [0.1, 0.15) is 36.8 Å². The first-order chi connectivity index (χ1) is 6.77. The van der Waals surface area contributed by atoms with Crippen molar-refractivity contribution in [2.75, 3.05) is 6.54 Å². The molecule has 0 spiro atoms. The molecule has 1 aromatic rings. The van der Waals surface area contributed by atoms with E-state index in [1.165, 1.54) is 30.5 Å². The Balaban J connectivity index is 2.09. The third kappa shape index (κ3) is 1.98. The lowest BCUT2D eigenvalue weighted by Crippen LogP contribution is -2.27. The topological polar surface area (TPSA) is 12.0 Å². The van der Waals surface area contributed by atoms with Crippen molar-refractivity contribution in [1.82, 2.24) is 5.32 Å². The van der Waals surface area contributed by atoms with E-state index < -0.39 is 0 Å². The number of benzene rings is 1. The van der Waals surface area contributed by atoms with Crippen LogP contribution in [0.4, 0.5) is 0 Å². The van der Waals surface area contributed by atoms with Gasteiger partial charge in [0, 0.05) is 6.04 Å². The Kier molecular flexibility index (Phi) is 2.87. The Hall–Kier alpha value is -0.820. The largest absolute Gasteiger partial charge is 0.313 e. The standard InChI is InChI=1S/C13H19N/c1-10-5-7-12(8-6-10)11(2)13-4-3-9-14-13/h5-8,11,13-14H,3-4,9H2,1-2H3/t11-,13-/m0/s1. The summed E-state index contributed by atoms with van der Waals surface area (Å²) in [6, 6.07) is 9.64. The van der Waals surface area contributed by atoms with Crippen LogP contribution in [0, 0.1) is 6.92 Å². The lowest BCUT2D eigenvalue weighted by Gasteiger charge is -2.19. The zero-order valence-electron chi connectivity index (χ0n) is 9.09. The monoisotopic (exact) mass is 189 g/mol. The molecule has 2 rings (SSSR count). The molecule has 0 saturated carbocycles. The number of hydrogen-bond donors (Lipinski definition) is 1. The number of hydrogen-bond acceptors (Lipinski definition) is 1. The summed E-state index contributed by atoms with van der Waals surface area (Å²) in [5.74, 6) is 0.651. The van der Waals surface area contributed by atoms with Crippen LogP contribution in [-0.4, -0.2) is 12.6 Å². The Morgan fingerprint density at radius 1 is 1.29 bits per heavy atom. The van der Waals surface area contributed by atoms with Gasteiger partial charge in [0.05, 0.1) is 0 Å². The highest BCUT2D eigenvalue weighted by Crippen LogP contribution is 2.24. The molecule has 0 radical (unpaired) electrons. The molecule has 1 heterocycles. The van der Waals surface area contributed by atoms with Crippen LogP contribution < -0.4 is 5.32 Å². The fraction of sp³-hybridized carbons (Fsp3) is 0.538. The molecule has 1 fully saturated rings. The molecule has 2 atom stereocenters. The highest BCUT2D eigenvalue weighted by molar-refractivity contribution is 5.25. The van der Waals surface area contributed by atoms with Gasteiger partial charge in [-0.1, -0.05) is 36.8 Å². The lowest BCUT2D eigenvalue weighted by molar-refractivity contribution is 0.517.